The number of anilines is 2. The van der Waals surface area contributed by atoms with E-state index in [0.29, 0.717) is 5.41 Å². The quantitative estimate of drug-likeness (QED) is 0.904. The average Bonchev–Trinajstić information content (AvgIpc) is 2.34. The van der Waals surface area contributed by atoms with E-state index in [1.54, 1.807) is 0 Å². The van der Waals surface area contributed by atoms with E-state index in [9.17, 15) is 0 Å². The highest BCUT2D eigenvalue weighted by atomic mass is 15.2. The monoisotopic (exact) mass is 262 g/mol. The van der Waals surface area contributed by atoms with Crippen LogP contribution in [-0.4, -0.2) is 29.6 Å². The number of rotatable bonds is 4. The Hall–Kier alpha value is -1.32. The highest BCUT2D eigenvalue weighted by Gasteiger charge is 2.27. The molecular weight excluding hydrogens is 236 g/mol. The molecule has 0 bridgehead atoms. The second kappa shape index (κ2) is 5.76. The third-order valence-electron chi connectivity index (χ3n) is 3.61. The summed E-state index contributed by atoms with van der Waals surface area (Å²) in [5, 5.41) is 3.36. The summed E-state index contributed by atoms with van der Waals surface area (Å²) in [6, 6.07) is 2.09. The molecule has 0 spiro atoms. The highest BCUT2D eigenvalue weighted by molar-refractivity contribution is 5.49. The first-order valence-corrected chi connectivity index (χ1v) is 7.35. The second-order valence-electron chi connectivity index (χ2n) is 6.27. The first-order chi connectivity index (χ1) is 9.00. The van der Waals surface area contributed by atoms with Gasteiger partial charge in [0.05, 0.1) is 0 Å². The van der Waals surface area contributed by atoms with Gasteiger partial charge < -0.3 is 10.2 Å². The molecular formula is C15H26N4. The molecule has 4 nitrogen and oxygen atoms in total. The van der Waals surface area contributed by atoms with E-state index in [1.165, 1.54) is 12.8 Å². The molecule has 4 heteroatoms. The van der Waals surface area contributed by atoms with Gasteiger partial charge in [-0.05, 0) is 31.6 Å². The van der Waals surface area contributed by atoms with E-state index in [0.717, 1.165) is 43.5 Å². The summed E-state index contributed by atoms with van der Waals surface area (Å²) in [6.07, 6.45) is 3.65. The Bertz CT molecular complexity index is 428. The third-order valence-corrected chi connectivity index (χ3v) is 3.61. The lowest BCUT2D eigenvalue weighted by Gasteiger charge is -2.38. The van der Waals surface area contributed by atoms with Gasteiger partial charge >= 0.3 is 0 Å². The van der Waals surface area contributed by atoms with E-state index in [-0.39, 0.29) is 0 Å². The van der Waals surface area contributed by atoms with Gasteiger partial charge in [-0.15, -0.1) is 0 Å². The maximum atomic E-state index is 4.61. The summed E-state index contributed by atoms with van der Waals surface area (Å²) < 4.78 is 0. The molecule has 0 radical (unpaired) electrons. The number of nitrogens with one attached hydrogen (secondary N) is 1. The van der Waals surface area contributed by atoms with Crippen molar-refractivity contribution in [3.63, 3.8) is 0 Å². The van der Waals surface area contributed by atoms with Crippen molar-refractivity contribution < 1.29 is 0 Å². The Morgan fingerprint density at radius 2 is 2.16 bits per heavy atom. The molecule has 1 aromatic heterocycles. The van der Waals surface area contributed by atoms with E-state index in [1.807, 2.05) is 6.92 Å². The van der Waals surface area contributed by atoms with Gasteiger partial charge in [-0.2, -0.15) is 0 Å². The zero-order valence-electron chi connectivity index (χ0n) is 12.7. The van der Waals surface area contributed by atoms with Crippen molar-refractivity contribution in [2.75, 3.05) is 29.9 Å². The van der Waals surface area contributed by atoms with Crippen molar-refractivity contribution in [3.05, 3.63) is 11.9 Å². The van der Waals surface area contributed by atoms with Crippen LogP contribution in [0.4, 0.5) is 11.6 Å². The van der Waals surface area contributed by atoms with Crippen molar-refractivity contribution in [2.45, 2.75) is 47.0 Å². The van der Waals surface area contributed by atoms with Crippen molar-refractivity contribution in [1.82, 2.24) is 9.97 Å². The van der Waals surface area contributed by atoms with Crippen LogP contribution in [0, 0.1) is 12.3 Å². The summed E-state index contributed by atoms with van der Waals surface area (Å²) in [6.45, 7) is 11.9. The molecule has 1 fully saturated rings. The van der Waals surface area contributed by atoms with Crippen LogP contribution in [0.1, 0.15) is 45.9 Å². The molecule has 1 saturated heterocycles. The fourth-order valence-corrected chi connectivity index (χ4v) is 2.68. The summed E-state index contributed by atoms with van der Waals surface area (Å²) in [5.74, 6) is 2.87. The SMILES string of the molecule is CCCNc1cc(N2CCCC(C)(C)C2)nc(C)n1. The van der Waals surface area contributed by atoms with E-state index < -0.39 is 0 Å². The van der Waals surface area contributed by atoms with Crippen LogP contribution in [-0.2, 0) is 0 Å². The molecule has 1 N–H and O–H groups in total. The zero-order valence-corrected chi connectivity index (χ0v) is 12.7. The molecule has 2 heterocycles. The van der Waals surface area contributed by atoms with Crippen LogP contribution < -0.4 is 10.2 Å². The average molecular weight is 262 g/mol. The topological polar surface area (TPSA) is 41.0 Å². The Balaban J connectivity index is 2.16. The molecule has 0 aliphatic carbocycles. The van der Waals surface area contributed by atoms with E-state index >= 15 is 0 Å². The lowest BCUT2D eigenvalue weighted by atomic mass is 9.84. The van der Waals surface area contributed by atoms with Gasteiger partial charge in [0.25, 0.3) is 0 Å². The van der Waals surface area contributed by atoms with Gasteiger partial charge in [-0.1, -0.05) is 20.8 Å². The lowest BCUT2D eigenvalue weighted by Crippen LogP contribution is -2.40. The lowest BCUT2D eigenvalue weighted by molar-refractivity contribution is 0.292. The molecule has 0 amide bonds. The van der Waals surface area contributed by atoms with Crippen LogP contribution in [0.15, 0.2) is 6.07 Å². The van der Waals surface area contributed by atoms with Gasteiger partial charge in [0.2, 0.25) is 0 Å². The number of aryl methyl sites for hydroxylation is 1. The number of hydrogen-bond donors (Lipinski definition) is 1. The molecule has 0 unspecified atom stereocenters. The van der Waals surface area contributed by atoms with Crippen LogP contribution >= 0.6 is 0 Å². The van der Waals surface area contributed by atoms with Gasteiger partial charge in [-0.3, -0.25) is 0 Å². The minimum absolute atomic E-state index is 0.383. The van der Waals surface area contributed by atoms with Crippen LogP contribution in [0.3, 0.4) is 0 Å². The summed E-state index contributed by atoms with van der Waals surface area (Å²) in [4.78, 5) is 11.5. The smallest absolute Gasteiger partial charge is 0.134 e. The number of nitrogens with zero attached hydrogens (tertiary/aromatic N) is 3. The third kappa shape index (κ3) is 3.82. The van der Waals surface area contributed by atoms with Crippen LogP contribution in [0.2, 0.25) is 0 Å². The standard InChI is InChI=1S/C15H26N4/c1-5-8-16-13-10-14(18-12(2)17-13)19-9-6-7-15(3,4)11-19/h10H,5-9,11H2,1-4H3,(H,16,17,18). The Kier molecular flexibility index (Phi) is 4.27. The maximum absolute atomic E-state index is 4.61. The molecule has 1 aliphatic heterocycles. The summed E-state index contributed by atoms with van der Waals surface area (Å²) >= 11 is 0. The number of hydrogen-bond acceptors (Lipinski definition) is 4. The largest absolute Gasteiger partial charge is 0.370 e. The highest BCUT2D eigenvalue weighted by Crippen LogP contribution is 2.31. The van der Waals surface area contributed by atoms with Crippen molar-refractivity contribution in [3.8, 4) is 0 Å². The first-order valence-electron chi connectivity index (χ1n) is 7.35. The minimum atomic E-state index is 0.383. The number of piperidine rings is 1. The Morgan fingerprint density at radius 1 is 1.37 bits per heavy atom. The van der Waals surface area contributed by atoms with Gasteiger partial charge in [0.15, 0.2) is 0 Å². The van der Waals surface area contributed by atoms with Gasteiger partial charge in [0, 0.05) is 25.7 Å². The fraction of sp³-hybridized carbons (Fsp3) is 0.733. The maximum Gasteiger partial charge on any atom is 0.134 e. The van der Waals surface area contributed by atoms with Crippen LogP contribution in [0.5, 0.6) is 0 Å². The second-order valence-corrected chi connectivity index (χ2v) is 6.27. The molecule has 0 saturated carbocycles. The zero-order chi connectivity index (χ0) is 13.9. The normalized spacial score (nSPS) is 18.4. The Morgan fingerprint density at radius 3 is 2.84 bits per heavy atom. The summed E-state index contributed by atoms with van der Waals surface area (Å²) in [7, 11) is 0. The van der Waals surface area contributed by atoms with Gasteiger partial charge in [-0.25, -0.2) is 9.97 Å². The molecule has 106 valence electrons. The van der Waals surface area contributed by atoms with Gasteiger partial charge in [0.1, 0.15) is 17.5 Å². The fourth-order valence-electron chi connectivity index (χ4n) is 2.68. The summed E-state index contributed by atoms with van der Waals surface area (Å²) in [5.41, 5.74) is 0.383. The molecule has 1 aromatic rings. The predicted molar refractivity (Wildman–Crippen MR) is 80.8 cm³/mol. The molecule has 0 atom stereocenters. The minimum Gasteiger partial charge on any atom is -0.370 e. The predicted octanol–water partition coefficient (Wildman–Crippen LogP) is 3.23. The molecule has 0 aromatic carbocycles. The van der Waals surface area contributed by atoms with Crippen molar-refractivity contribution >= 4 is 11.6 Å². The van der Waals surface area contributed by atoms with Crippen molar-refractivity contribution in [2.24, 2.45) is 5.41 Å². The molecule has 2 rings (SSSR count). The molecule has 19 heavy (non-hydrogen) atoms. The van der Waals surface area contributed by atoms with Crippen LogP contribution in [0.25, 0.3) is 0 Å². The molecule has 1 aliphatic rings. The Labute approximate surface area is 116 Å². The first kappa shape index (κ1) is 14.1. The number of aromatic nitrogens is 2. The van der Waals surface area contributed by atoms with E-state index in [4.69, 9.17) is 0 Å². The van der Waals surface area contributed by atoms with Crippen molar-refractivity contribution in [1.29, 1.82) is 0 Å². The van der Waals surface area contributed by atoms with E-state index in [2.05, 4.69) is 47.0 Å².